The van der Waals surface area contributed by atoms with E-state index in [0.29, 0.717) is 6.42 Å². The predicted octanol–water partition coefficient (Wildman–Crippen LogP) is 2.94. The Morgan fingerprint density at radius 2 is 1.80 bits per heavy atom. The van der Waals surface area contributed by atoms with Crippen LogP contribution in [0.5, 0.6) is 5.75 Å². The molecule has 1 fully saturated rings. The SMILES string of the molecule is COc1ccc([C@H]2C[C@@H]2S(=O)(=O)OCC(C)(C)C)cc1. The molecule has 0 bridgehead atoms. The largest absolute Gasteiger partial charge is 0.497 e. The zero-order valence-electron chi connectivity index (χ0n) is 12.4. The topological polar surface area (TPSA) is 52.6 Å². The number of benzene rings is 1. The third-order valence-corrected chi connectivity index (χ3v) is 5.01. The molecule has 2 atom stereocenters. The summed E-state index contributed by atoms with van der Waals surface area (Å²) in [4.78, 5) is 0. The summed E-state index contributed by atoms with van der Waals surface area (Å²) in [6.45, 7) is 6.09. The summed E-state index contributed by atoms with van der Waals surface area (Å²) in [5, 5.41) is -0.404. The van der Waals surface area contributed by atoms with E-state index in [1.807, 2.05) is 45.0 Å². The van der Waals surface area contributed by atoms with Gasteiger partial charge in [-0.25, -0.2) is 0 Å². The first-order valence-electron chi connectivity index (χ1n) is 6.75. The molecule has 0 spiro atoms. The van der Waals surface area contributed by atoms with Crippen LogP contribution in [-0.2, 0) is 14.3 Å². The molecule has 0 heterocycles. The average Bonchev–Trinajstić information content (AvgIpc) is 3.17. The number of rotatable bonds is 5. The minimum absolute atomic E-state index is 0.0471. The van der Waals surface area contributed by atoms with Gasteiger partial charge in [-0.3, -0.25) is 4.18 Å². The molecule has 4 nitrogen and oxygen atoms in total. The minimum atomic E-state index is -3.46. The van der Waals surface area contributed by atoms with Crippen molar-refractivity contribution in [3.63, 3.8) is 0 Å². The van der Waals surface area contributed by atoms with E-state index in [-0.39, 0.29) is 17.9 Å². The summed E-state index contributed by atoms with van der Waals surface area (Å²) in [7, 11) is -1.85. The Morgan fingerprint density at radius 3 is 2.30 bits per heavy atom. The second kappa shape index (κ2) is 5.37. The molecular formula is C15H22O4S. The first kappa shape index (κ1) is 15.3. The molecule has 0 saturated heterocycles. The molecule has 20 heavy (non-hydrogen) atoms. The van der Waals surface area contributed by atoms with Gasteiger partial charge in [-0.2, -0.15) is 8.42 Å². The lowest BCUT2D eigenvalue weighted by Crippen LogP contribution is -2.21. The Kier molecular flexibility index (Phi) is 4.12. The Hall–Kier alpha value is -1.07. The minimum Gasteiger partial charge on any atom is -0.497 e. The molecule has 112 valence electrons. The van der Waals surface area contributed by atoms with Crippen molar-refractivity contribution in [3.05, 3.63) is 29.8 Å². The maximum atomic E-state index is 12.1. The maximum absolute atomic E-state index is 12.1. The van der Waals surface area contributed by atoms with Gasteiger partial charge in [0.2, 0.25) is 0 Å². The monoisotopic (exact) mass is 298 g/mol. The Labute approximate surface area is 121 Å². The second-order valence-corrected chi connectivity index (χ2v) is 8.30. The van der Waals surface area contributed by atoms with E-state index in [9.17, 15) is 8.42 Å². The highest BCUT2D eigenvalue weighted by Crippen LogP contribution is 2.46. The highest BCUT2D eigenvalue weighted by atomic mass is 32.2. The van der Waals surface area contributed by atoms with E-state index in [2.05, 4.69) is 0 Å². The van der Waals surface area contributed by atoms with E-state index in [0.717, 1.165) is 11.3 Å². The molecule has 2 rings (SSSR count). The second-order valence-electron chi connectivity index (χ2n) is 6.47. The summed E-state index contributed by atoms with van der Waals surface area (Å²) in [6, 6.07) is 7.55. The van der Waals surface area contributed by atoms with Crippen molar-refractivity contribution in [3.8, 4) is 5.75 Å². The molecule has 0 aliphatic heterocycles. The van der Waals surface area contributed by atoms with Crippen molar-refractivity contribution in [1.29, 1.82) is 0 Å². The van der Waals surface area contributed by atoms with Crippen molar-refractivity contribution in [2.24, 2.45) is 5.41 Å². The first-order chi connectivity index (χ1) is 9.23. The standard InChI is InChI=1S/C15H22O4S/c1-15(2,3)10-19-20(16,17)14-9-13(14)11-5-7-12(18-4)8-6-11/h5-8,13-14H,9-10H2,1-4H3/t13-,14+/m1/s1. The fourth-order valence-corrected chi connectivity index (χ4v) is 3.73. The molecule has 1 aromatic rings. The lowest BCUT2D eigenvalue weighted by atomic mass is 9.99. The lowest BCUT2D eigenvalue weighted by Gasteiger charge is -2.17. The molecule has 0 amide bonds. The van der Waals surface area contributed by atoms with Gasteiger partial charge in [-0.15, -0.1) is 0 Å². The van der Waals surface area contributed by atoms with E-state index in [4.69, 9.17) is 8.92 Å². The van der Waals surface area contributed by atoms with Gasteiger partial charge >= 0.3 is 0 Å². The zero-order chi connectivity index (χ0) is 15.0. The van der Waals surface area contributed by atoms with Crippen LogP contribution in [0.1, 0.15) is 38.7 Å². The van der Waals surface area contributed by atoms with Crippen LogP contribution in [0.4, 0.5) is 0 Å². The van der Waals surface area contributed by atoms with Crippen LogP contribution in [0, 0.1) is 5.41 Å². The summed E-state index contributed by atoms with van der Waals surface area (Å²) < 4.78 is 34.5. The molecule has 5 heteroatoms. The number of methoxy groups -OCH3 is 1. The number of ether oxygens (including phenoxy) is 1. The van der Waals surface area contributed by atoms with Crippen LogP contribution in [0.2, 0.25) is 0 Å². The van der Waals surface area contributed by atoms with Crippen molar-refractivity contribution >= 4 is 10.1 Å². The van der Waals surface area contributed by atoms with Crippen molar-refractivity contribution in [2.75, 3.05) is 13.7 Å². The highest BCUT2D eigenvalue weighted by Gasteiger charge is 2.49. The van der Waals surface area contributed by atoms with E-state index in [1.54, 1.807) is 7.11 Å². The molecule has 0 unspecified atom stereocenters. The normalized spacial score (nSPS) is 22.6. The summed E-state index contributed by atoms with van der Waals surface area (Å²) in [5.74, 6) is 0.823. The smallest absolute Gasteiger partial charge is 0.270 e. The van der Waals surface area contributed by atoms with Gasteiger partial charge in [0.1, 0.15) is 5.75 Å². The Morgan fingerprint density at radius 1 is 1.20 bits per heavy atom. The molecule has 0 N–H and O–H groups in total. The summed E-state index contributed by atoms with van der Waals surface area (Å²) in [6.07, 6.45) is 0.638. The predicted molar refractivity (Wildman–Crippen MR) is 78.5 cm³/mol. The first-order valence-corrected chi connectivity index (χ1v) is 8.22. The average molecular weight is 298 g/mol. The van der Waals surface area contributed by atoms with Crippen LogP contribution >= 0.6 is 0 Å². The van der Waals surface area contributed by atoms with Crippen LogP contribution in [0.25, 0.3) is 0 Å². The van der Waals surface area contributed by atoms with Gasteiger partial charge in [0.05, 0.1) is 19.0 Å². The lowest BCUT2D eigenvalue weighted by molar-refractivity contribution is 0.203. The zero-order valence-corrected chi connectivity index (χ0v) is 13.2. The highest BCUT2D eigenvalue weighted by molar-refractivity contribution is 7.87. The van der Waals surface area contributed by atoms with E-state index >= 15 is 0 Å². The van der Waals surface area contributed by atoms with Crippen molar-refractivity contribution in [1.82, 2.24) is 0 Å². The molecule has 0 aromatic heterocycles. The van der Waals surface area contributed by atoms with Gasteiger partial charge in [-0.1, -0.05) is 32.9 Å². The van der Waals surface area contributed by atoms with Gasteiger partial charge in [0.25, 0.3) is 10.1 Å². The third-order valence-electron chi connectivity index (χ3n) is 3.30. The molecule has 1 saturated carbocycles. The third kappa shape index (κ3) is 3.73. The van der Waals surface area contributed by atoms with Gasteiger partial charge in [0, 0.05) is 5.92 Å². The van der Waals surface area contributed by atoms with E-state index in [1.165, 1.54) is 0 Å². The Bertz CT molecular complexity index is 555. The van der Waals surface area contributed by atoms with Gasteiger partial charge < -0.3 is 4.74 Å². The van der Waals surface area contributed by atoms with Gasteiger partial charge in [-0.05, 0) is 29.5 Å². The summed E-state index contributed by atoms with van der Waals surface area (Å²) >= 11 is 0. The molecule has 1 aromatic carbocycles. The van der Waals surface area contributed by atoms with E-state index < -0.39 is 15.4 Å². The fraction of sp³-hybridized carbons (Fsp3) is 0.600. The van der Waals surface area contributed by atoms with Crippen molar-refractivity contribution < 1.29 is 17.3 Å². The quantitative estimate of drug-likeness (QED) is 0.784. The van der Waals surface area contributed by atoms with Crippen LogP contribution in [-0.4, -0.2) is 27.4 Å². The fourth-order valence-electron chi connectivity index (χ4n) is 2.04. The Balaban J connectivity index is 1.99. The van der Waals surface area contributed by atoms with Crippen LogP contribution < -0.4 is 4.74 Å². The molecular weight excluding hydrogens is 276 g/mol. The van der Waals surface area contributed by atoms with Crippen LogP contribution in [0.3, 0.4) is 0 Å². The summed E-state index contributed by atoms with van der Waals surface area (Å²) in [5.41, 5.74) is 0.871. The molecule has 0 radical (unpaired) electrons. The molecule has 1 aliphatic rings. The van der Waals surface area contributed by atoms with Crippen molar-refractivity contribution in [2.45, 2.75) is 38.4 Å². The number of hydrogen-bond donors (Lipinski definition) is 0. The molecule has 1 aliphatic carbocycles. The van der Waals surface area contributed by atoms with Gasteiger partial charge in [0.15, 0.2) is 0 Å². The maximum Gasteiger partial charge on any atom is 0.270 e. The number of hydrogen-bond acceptors (Lipinski definition) is 4. The van der Waals surface area contributed by atoms with Crippen LogP contribution in [0.15, 0.2) is 24.3 Å².